The first kappa shape index (κ1) is 14.5. The predicted molar refractivity (Wildman–Crippen MR) is 73.0 cm³/mol. The first-order valence-electron chi connectivity index (χ1n) is 5.99. The van der Waals surface area contributed by atoms with Gasteiger partial charge >= 0.3 is 0 Å². The van der Waals surface area contributed by atoms with E-state index in [9.17, 15) is 17.8 Å². The van der Waals surface area contributed by atoms with Crippen LogP contribution >= 0.6 is 0 Å². The quantitative estimate of drug-likeness (QED) is 0.793. The van der Waals surface area contributed by atoms with Gasteiger partial charge in [-0.1, -0.05) is 6.07 Å². The van der Waals surface area contributed by atoms with Crippen LogP contribution in [0.1, 0.15) is 16.8 Å². The Labute approximate surface area is 117 Å². The molecule has 0 aromatic heterocycles. The van der Waals surface area contributed by atoms with Gasteiger partial charge in [0.05, 0.1) is 10.8 Å². The lowest BCUT2D eigenvalue weighted by atomic mass is 10.1. The lowest BCUT2D eigenvalue weighted by molar-refractivity contribution is 0.0989. The molecule has 0 amide bonds. The van der Waals surface area contributed by atoms with Gasteiger partial charge < -0.3 is 0 Å². The fraction of sp³-hybridized carbons (Fsp3) is 0.133. The second-order valence-electron chi connectivity index (χ2n) is 4.19. The van der Waals surface area contributed by atoms with E-state index < -0.39 is 22.4 Å². The third-order valence-electron chi connectivity index (χ3n) is 2.74. The van der Waals surface area contributed by atoms with Crippen molar-refractivity contribution < 1.29 is 17.8 Å². The van der Waals surface area contributed by atoms with Crippen molar-refractivity contribution in [3.05, 3.63) is 65.7 Å². The molecule has 5 heteroatoms. The van der Waals surface area contributed by atoms with Gasteiger partial charge in [0.2, 0.25) is 0 Å². The van der Waals surface area contributed by atoms with Crippen molar-refractivity contribution in [2.75, 3.05) is 5.75 Å². The molecule has 0 fully saturated rings. The summed E-state index contributed by atoms with van der Waals surface area (Å²) in [4.78, 5) is 12.2. The van der Waals surface area contributed by atoms with Gasteiger partial charge in [0.25, 0.3) is 0 Å². The van der Waals surface area contributed by atoms with Gasteiger partial charge in [0.15, 0.2) is 5.78 Å². The number of ketones is 1. The summed E-state index contributed by atoms with van der Waals surface area (Å²) in [5.41, 5.74) is 0.377. The van der Waals surface area contributed by atoms with Crippen LogP contribution in [0.5, 0.6) is 0 Å². The Morgan fingerprint density at radius 1 is 1.00 bits per heavy atom. The summed E-state index contributed by atoms with van der Waals surface area (Å²) in [6.45, 7) is 0. The van der Waals surface area contributed by atoms with Crippen molar-refractivity contribution in [3.63, 3.8) is 0 Å². The molecule has 0 N–H and O–H groups in total. The van der Waals surface area contributed by atoms with Gasteiger partial charge in [-0.3, -0.25) is 9.00 Å². The van der Waals surface area contributed by atoms with Crippen LogP contribution in [-0.2, 0) is 10.8 Å². The third-order valence-corrected chi connectivity index (χ3v) is 4.09. The maximum Gasteiger partial charge on any atom is 0.163 e. The predicted octanol–water partition coefficient (Wildman–Crippen LogP) is 3.35. The van der Waals surface area contributed by atoms with Crippen molar-refractivity contribution in [1.82, 2.24) is 0 Å². The number of hydrogen-bond donors (Lipinski definition) is 0. The molecule has 0 radical (unpaired) electrons. The third kappa shape index (κ3) is 3.81. The molecule has 0 bridgehead atoms. The van der Waals surface area contributed by atoms with Crippen LogP contribution in [0.2, 0.25) is 0 Å². The monoisotopic (exact) mass is 294 g/mol. The van der Waals surface area contributed by atoms with Crippen molar-refractivity contribution in [2.24, 2.45) is 0 Å². The normalized spacial score (nSPS) is 12.1. The molecular formula is C15H12F2O2S. The van der Waals surface area contributed by atoms with E-state index in [0.29, 0.717) is 10.5 Å². The van der Waals surface area contributed by atoms with Crippen LogP contribution in [0.25, 0.3) is 0 Å². The molecule has 0 saturated carbocycles. The molecule has 1 atom stereocenters. The highest BCUT2D eigenvalue weighted by atomic mass is 32.2. The van der Waals surface area contributed by atoms with Crippen LogP contribution in [-0.4, -0.2) is 15.7 Å². The summed E-state index contributed by atoms with van der Waals surface area (Å²) >= 11 is 0. The Balaban J connectivity index is 1.96. The topological polar surface area (TPSA) is 34.1 Å². The van der Waals surface area contributed by atoms with Gasteiger partial charge in [0, 0.05) is 22.6 Å². The molecule has 0 aliphatic carbocycles. The van der Waals surface area contributed by atoms with Crippen molar-refractivity contribution in [1.29, 1.82) is 0 Å². The number of carbonyl (C=O) groups excluding carboxylic acids is 1. The summed E-state index contributed by atoms with van der Waals surface area (Å²) in [5, 5.41) is 0. The van der Waals surface area contributed by atoms with Crippen molar-refractivity contribution in [3.8, 4) is 0 Å². The van der Waals surface area contributed by atoms with E-state index in [4.69, 9.17) is 0 Å². The van der Waals surface area contributed by atoms with E-state index in [-0.39, 0.29) is 18.0 Å². The lowest BCUT2D eigenvalue weighted by Crippen LogP contribution is -2.06. The number of Topliss-reactive ketones (excluding diaryl/α,β-unsaturated/α-hetero) is 1. The minimum absolute atomic E-state index is 0.0642. The number of carbonyl (C=O) groups is 1. The summed E-state index contributed by atoms with van der Waals surface area (Å²) < 4.78 is 37.6. The lowest BCUT2D eigenvalue weighted by Gasteiger charge is -2.03. The highest BCUT2D eigenvalue weighted by Gasteiger charge is 2.10. The second-order valence-corrected chi connectivity index (χ2v) is 5.76. The zero-order chi connectivity index (χ0) is 14.5. The Morgan fingerprint density at radius 3 is 2.35 bits per heavy atom. The van der Waals surface area contributed by atoms with Crippen molar-refractivity contribution in [2.45, 2.75) is 11.3 Å². The summed E-state index contributed by atoms with van der Waals surface area (Å²) in [5.74, 6) is -0.972. The molecular weight excluding hydrogens is 282 g/mol. The number of benzene rings is 2. The first-order chi connectivity index (χ1) is 9.56. The van der Waals surface area contributed by atoms with Gasteiger partial charge in [0.1, 0.15) is 11.6 Å². The molecule has 2 rings (SSSR count). The number of halogens is 2. The molecule has 104 valence electrons. The Hall–Kier alpha value is -1.88. The fourth-order valence-electron chi connectivity index (χ4n) is 1.69. The number of hydrogen-bond acceptors (Lipinski definition) is 2. The Bertz CT molecular complexity index is 639. The van der Waals surface area contributed by atoms with Gasteiger partial charge in [-0.2, -0.15) is 0 Å². The van der Waals surface area contributed by atoms with Crippen molar-refractivity contribution >= 4 is 16.6 Å². The first-order valence-corrected chi connectivity index (χ1v) is 7.31. The highest BCUT2D eigenvalue weighted by molar-refractivity contribution is 7.85. The molecule has 0 aliphatic heterocycles. The average Bonchev–Trinajstić information content (AvgIpc) is 2.45. The highest BCUT2D eigenvalue weighted by Crippen LogP contribution is 2.12. The molecule has 0 saturated heterocycles. The van der Waals surface area contributed by atoms with E-state index in [1.165, 1.54) is 42.5 Å². The zero-order valence-electron chi connectivity index (χ0n) is 10.5. The van der Waals surface area contributed by atoms with Gasteiger partial charge in [-0.15, -0.1) is 0 Å². The van der Waals surface area contributed by atoms with Crippen LogP contribution in [0, 0.1) is 11.6 Å². The van der Waals surface area contributed by atoms with E-state index in [0.717, 1.165) is 0 Å². The minimum Gasteiger partial charge on any atom is -0.294 e. The smallest absolute Gasteiger partial charge is 0.163 e. The van der Waals surface area contributed by atoms with E-state index in [2.05, 4.69) is 0 Å². The Morgan fingerprint density at radius 2 is 1.70 bits per heavy atom. The van der Waals surface area contributed by atoms with E-state index in [1.54, 1.807) is 6.07 Å². The summed E-state index contributed by atoms with van der Waals surface area (Å²) in [6.07, 6.45) is 0.0642. The van der Waals surface area contributed by atoms with E-state index in [1.807, 2.05) is 0 Å². The maximum absolute atomic E-state index is 13.0. The summed E-state index contributed by atoms with van der Waals surface area (Å²) in [7, 11) is -1.43. The standard InChI is InChI=1S/C15H12F2O2S/c16-12-6-4-11(5-7-12)15(18)8-9-20(19)14-3-1-2-13(17)10-14/h1-7,10H,8-9H2. The molecule has 0 heterocycles. The molecule has 0 aliphatic rings. The summed E-state index contributed by atoms with van der Waals surface area (Å²) in [6, 6.07) is 10.7. The molecule has 2 nitrogen and oxygen atoms in total. The van der Waals surface area contributed by atoms with Gasteiger partial charge in [-0.25, -0.2) is 8.78 Å². The van der Waals surface area contributed by atoms with Crippen LogP contribution < -0.4 is 0 Å². The molecule has 2 aromatic rings. The SMILES string of the molecule is O=C(CCS(=O)c1cccc(F)c1)c1ccc(F)cc1. The molecule has 1 unspecified atom stereocenters. The Kier molecular flexibility index (Phi) is 4.74. The number of rotatable bonds is 5. The molecule has 2 aromatic carbocycles. The maximum atomic E-state index is 13.0. The zero-order valence-corrected chi connectivity index (χ0v) is 11.3. The van der Waals surface area contributed by atoms with Gasteiger partial charge in [-0.05, 0) is 42.5 Å². The fourth-order valence-corrected chi connectivity index (χ4v) is 2.77. The second kappa shape index (κ2) is 6.52. The minimum atomic E-state index is -1.43. The average molecular weight is 294 g/mol. The van der Waals surface area contributed by atoms with Crippen LogP contribution in [0.3, 0.4) is 0 Å². The van der Waals surface area contributed by atoms with Crippen LogP contribution in [0.15, 0.2) is 53.4 Å². The van der Waals surface area contributed by atoms with E-state index >= 15 is 0 Å². The molecule has 20 heavy (non-hydrogen) atoms. The van der Waals surface area contributed by atoms with Crippen LogP contribution in [0.4, 0.5) is 8.78 Å². The molecule has 0 spiro atoms. The largest absolute Gasteiger partial charge is 0.294 e.